The summed E-state index contributed by atoms with van der Waals surface area (Å²) >= 11 is 0. The summed E-state index contributed by atoms with van der Waals surface area (Å²) in [6, 6.07) is 0.342. The van der Waals surface area contributed by atoms with E-state index in [1.165, 1.54) is 12.1 Å². The molecule has 0 amide bonds. The van der Waals surface area contributed by atoms with Gasteiger partial charge in [-0.3, -0.25) is 4.99 Å². The van der Waals surface area contributed by atoms with Crippen molar-refractivity contribution >= 4 is 5.71 Å². The van der Waals surface area contributed by atoms with E-state index in [-0.39, 0.29) is 0 Å². The van der Waals surface area contributed by atoms with Crippen molar-refractivity contribution in [1.29, 1.82) is 0 Å². The summed E-state index contributed by atoms with van der Waals surface area (Å²) in [5, 5.41) is 0. The van der Waals surface area contributed by atoms with Gasteiger partial charge in [-0.1, -0.05) is 6.92 Å². The summed E-state index contributed by atoms with van der Waals surface area (Å²) in [7, 11) is 0. The fourth-order valence-corrected chi connectivity index (χ4v) is 1.31. The van der Waals surface area contributed by atoms with Crippen molar-refractivity contribution in [2.75, 3.05) is 6.54 Å². The third kappa shape index (κ3) is 2.97. The van der Waals surface area contributed by atoms with Crippen LogP contribution in [-0.4, -0.2) is 18.3 Å². The third-order valence-electron chi connectivity index (χ3n) is 1.74. The summed E-state index contributed by atoms with van der Waals surface area (Å²) in [4.78, 5) is 4.13. The highest BCUT2D eigenvalue weighted by atomic mass is 14.9. The largest absolute Gasteiger partial charge is 0.328 e. The molecule has 0 spiro atoms. The van der Waals surface area contributed by atoms with E-state index < -0.39 is 0 Å². The van der Waals surface area contributed by atoms with Gasteiger partial charge in [0.1, 0.15) is 0 Å². The van der Waals surface area contributed by atoms with Crippen LogP contribution in [0, 0.1) is 5.92 Å². The van der Waals surface area contributed by atoms with Crippen LogP contribution in [0.3, 0.4) is 0 Å². The molecule has 2 N–H and O–H groups in total. The van der Waals surface area contributed by atoms with Crippen LogP contribution < -0.4 is 5.73 Å². The van der Waals surface area contributed by atoms with Crippen LogP contribution in [0.5, 0.6) is 0 Å². The van der Waals surface area contributed by atoms with E-state index in [0.717, 1.165) is 18.9 Å². The lowest BCUT2D eigenvalue weighted by Crippen LogP contribution is -2.18. The SMILES string of the molecule is CC(CC1=NC1)C[C@@H](C)N. The van der Waals surface area contributed by atoms with Crippen LogP contribution in [0.15, 0.2) is 4.99 Å². The van der Waals surface area contributed by atoms with Crippen molar-refractivity contribution < 1.29 is 0 Å². The molecule has 2 atom stereocenters. The molecule has 0 saturated carbocycles. The zero-order chi connectivity index (χ0) is 7.56. The van der Waals surface area contributed by atoms with Gasteiger partial charge in [-0.25, -0.2) is 0 Å². The molecule has 1 unspecified atom stereocenters. The van der Waals surface area contributed by atoms with Gasteiger partial charge in [-0.2, -0.15) is 0 Å². The van der Waals surface area contributed by atoms with Gasteiger partial charge in [-0.15, -0.1) is 0 Å². The molecule has 2 heteroatoms. The van der Waals surface area contributed by atoms with Gasteiger partial charge in [-0.05, 0) is 25.7 Å². The second kappa shape index (κ2) is 3.15. The Hall–Kier alpha value is -0.370. The molecule has 0 radical (unpaired) electrons. The van der Waals surface area contributed by atoms with Crippen LogP contribution in [-0.2, 0) is 0 Å². The zero-order valence-electron chi connectivity index (χ0n) is 6.80. The van der Waals surface area contributed by atoms with Gasteiger partial charge >= 0.3 is 0 Å². The number of aliphatic imine (C=N–C) groups is 1. The highest BCUT2D eigenvalue weighted by Crippen LogP contribution is 2.14. The monoisotopic (exact) mass is 140 g/mol. The van der Waals surface area contributed by atoms with Gasteiger partial charge in [0.05, 0.1) is 6.54 Å². The predicted molar refractivity (Wildman–Crippen MR) is 44.3 cm³/mol. The Bertz CT molecular complexity index is 138. The maximum Gasteiger partial charge on any atom is 0.0768 e. The zero-order valence-corrected chi connectivity index (χ0v) is 6.80. The molecular weight excluding hydrogens is 124 g/mol. The lowest BCUT2D eigenvalue weighted by Gasteiger charge is -2.10. The molecule has 0 aromatic rings. The van der Waals surface area contributed by atoms with Gasteiger partial charge in [0, 0.05) is 11.8 Å². The highest BCUT2D eigenvalue weighted by Gasteiger charge is 2.14. The van der Waals surface area contributed by atoms with E-state index in [9.17, 15) is 0 Å². The summed E-state index contributed by atoms with van der Waals surface area (Å²) in [5.74, 6) is 0.723. The minimum absolute atomic E-state index is 0.342. The number of nitrogens with two attached hydrogens (primary N) is 1. The molecule has 10 heavy (non-hydrogen) atoms. The molecule has 0 fully saturated rings. The highest BCUT2D eigenvalue weighted by molar-refractivity contribution is 5.96. The number of hydrogen-bond acceptors (Lipinski definition) is 2. The molecule has 1 rings (SSSR count). The van der Waals surface area contributed by atoms with Crippen molar-refractivity contribution in [3.8, 4) is 0 Å². The van der Waals surface area contributed by atoms with Crippen molar-refractivity contribution in [3.05, 3.63) is 0 Å². The molecule has 2 nitrogen and oxygen atoms in total. The van der Waals surface area contributed by atoms with Crippen molar-refractivity contribution in [2.24, 2.45) is 16.6 Å². The van der Waals surface area contributed by atoms with E-state index in [2.05, 4.69) is 18.8 Å². The molecule has 0 aliphatic carbocycles. The molecule has 58 valence electrons. The second-order valence-electron chi connectivity index (χ2n) is 3.40. The van der Waals surface area contributed by atoms with Crippen molar-refractivity contribution in [1.82, 2.24) is 0 Å². The maximum atomic E-state index is 5.65. The number of hydrogen-bond donors (Lipinski definition) is 1. The molecule has 1 aliphatic rings. The van der Waals surface area contributed by atoms with Crippen molar-refractivity contribution in [3.63, 3.8) is 0 Å². The lowest BCUT2D eigenvalue weighted by molar-refractivity contribution is 0.498. The Balaban J connectivity index is 2.08. The van der Waals surface area contributed by atoms with Crippen LogP contribution in [0.1, 0.15) is 26.7 Å². The summed E-state index contributed by atoms with van der Waals surface area (Å²) in [6.07, 6.45) is 2.29. The van der Waals surface area contributed by atoms with E-state index in [4.69, 9.17) is 5.73 Å². The van der Waals surface area contributed by atoms with E-state index in [1.54, 1.807) is 0 Å². The number of nitrogens with zero attached hydrogens (tertiary/aromatic N) is 1. The fraction of sp³-hybridized carbons (Fsp3) is 0.875. The standard InChI is InChI=1S/C8H16N2/c1-6(3-7(2)9)4-8-5-10-8/h6-7H,3-5,9H2,1-2H3/t6?,7-/m1/s1. The van der Waals surface area contributed by atoms with Crippen LogP contribution in [0.4, 0.5) is 0 Å². The Morgan fingerprint density at radius 2 is 2.20 bits per heavy atom. The minimum atomic E-state index is 0.342. The number of rotatable bonds is 4. The normalized spacial score (nSPS) is 21.7. The minimum Gasteiger partial charge on any atom is -0.328 e. The third-order valence-corrected chi connectivity index (χ3v) is 1.74. The fourth-order valence-electron chi connectivity index (χ4n) is 1.31. The molecule has 0 saturated heterocycles. The first kappa shape index (κ1) is 7.73. The Morgan fingerprint density at radius 1 is 1.60 bits per heavy atom. The quantitative estimate of drug-likeness (QED) is 0.626. The van der Waals surface area contributed by atoms with Gasteiger partial charge in [0.2, 0.25) is 0 Å². The first-order chi connectivity index (χ1) is 4.68. The van der Waals surface area contributed by atoms with Crippen LogP contribution >= 0.6 is 0 Å². The first-order valence-corrected chi connectivity index (χ1v) is 3.96. The van der Waals surface area contributed by atoms with Crippen LogP contribution in [0.2, 0.25) is 0 Å². The average molecular weight is 140 g/mol. The average Bonchev–Trinajstić information content (AvgIpc) is 2.46. The Kier molecular flexibility index (Phi) is 2.44. The molecule has 1 heterocycles. The van der Waals surface area contributed by atoms with E-state index in [1.807, 2.05) is 0 Å². The summed E-state index contributed by atoms with van der Waals surface area (Å²) in [6.45, 7) is 5.32. The maximum absolute atomic E-state index is 5.65. The topological polar surface area (TPSA) is 38.4 Å². The van der Waals surface area contributed by atoms with Crippen LogP contribution in [0.25, 0.3) is 0 Å². The second-order valence-corrected chi connectivity index (χ2v) is 3.40. The van der Waals surface area contributed by atoms with E-state index in [0.29, 0.717) is 6.04 Å². The Morgan fingerprint density at radius 3 is 2.60 bits per heavy atom. The summed E-state index contributed by atoms with van der Waals surface area (Å²) in [5.41, 5.74) is 7.03. The Labute approximate surface area is 62.5 Å². The predicted octanol–water partition coefficient (Wildman–Crippen LogP) is 1.20. The van der Waals surface area contributed by atoms with Gasteiger partial charge in [0.15, 0.2) is 0 Å². The lowest BCUT2D eigenvalue weighted by atomic mass is 9.99. The van der Waals surface area contributed by atoms with Gasteiger partial charge < -0.3 is 5.73 Å². The molecule has 0 bridgehead atoms. The summed E-state index contributed by atoms with van der Waals surface area (Å²) < 4.78 is 0. The van der Waals surface area contributed by atoms with Gasteiger partial charge in [0.25, 0.3) is 0 Å². The molecule has 0 aromatic heterocycles. The molecule has 0 aromatic carbocycles. The first-order valence-electron chi connectivity index (χ1n) is 3.96. The smallest absolute Gasteiger partial charge is 0.0768 e. The van der Waals surface area contributed by atoms with Crippen molar-refractivity contribution in [2.45, 2.75) is 32.7 Å². The molecular formula is C8H16N2. The van der Waals surface area contributed by atoms with E-state index >= 15 is 0 Å². The molecule has 1 aliphatic heterocycles.